The maximum absolute atomic E-state index is 12.2. The number of ether oxygens (including phenoxy) is 1. The van der Waals surface area contributed by atoms with Crippen molar-refractivity contribution < 1.29 is 9.53 Å². The molecule has 1 aromatic carbocycles. The smallest absolute Gasteiger partial charge is 0.224 e. The van der Waals surface area contributed by atoms with E-state index in [0.29, 0.717) is 6.04 Å². The molecule has 1 aromatic rings. The molecule has 0 spiro atoms. The van der Waals surface area contributed by atoms with Crippen LogP contribution in [0.4, 0.5) is 5.69 Å². The lowest BCUT2D eigenvalue weighted by Crippen LogP contribution is -2.46. The second-order valence-electron chi connectivity index (χ2n) is 6.13. The summed E-state index contributed by atoms with van der Waals surface area (Å²) in [7, 11) is 1.71. The Balaban J connectivity index is 0.00000144. The fraction of sp³-hybridized carbons (Fsp3) is 0.588. The van der Waals surface area contributed by atoms with E-state index < -0.39 is 0 Å². The van der Waals surface area contributed by atoms with Gasteiger partial charge in [-0.2, -0.15) is 0 Å². The van der Waals surface area contributed by atoms with E-state index in [9.17, 15) is 4.79 Å². The maximum atomic E-state index is 12.2. The summed E-state index contributed by atoms with van der Waals surface area (Å²) in [5.41, 5.74) is 1.15. The first-order valence-electron chi connectivity index (χ1n) is 8.17. The highest BCUT2D eigenvalue weighted by atomic mass is 35.5. The van der Waals surface area contributed by atoms with Crippen LogP contribution in [0.2, 0.25) is 0 Å². The van der Waals surface area contributed by atoms with Crippen molar-refractivity contribution in [3.05, 3.63) is 24.3 Å². The van der Waals surface area contributed by atoms with Gasteiger partial charge in [-0.1, -0.05) is 12.1 Å². The fourth-order valence-electron chi connectivity index (χ4n) is 3.35. The number of para-hydroxylation sites is 2. The molecule has 3 rings (SSSR count). The van der Waals surface area contributed by atoms with Crippen LogP contribution in [0.3, 0.4) is 0 Å². The minimum Gasteiger partial charge on any atom is -0.495 e. The molecule has 0 aliphatic carbocycles. The summed E-state index contributed by atoms with van der Waals surface area (Å²) in [6.45, 7) is 3.69. The Kier molecular flexibility index (Phi) is 8.67. The summed E-state index contributed by atoms with van der Waals surface area (Å²) in [4.78, 5) is 14.5. The third-order valence-corrected chi connectivity index (χ3v) is 4.70. The van der Waals surface area contributed by atoms with Crippen LogP contribution in [-0.2, 0) is 4.79 Å². The molecule has 0 saturated carbocycles. The molecule has 1 amide bonds. The summed E-state index contributed by atoms with van der Waals surface area (Å²) >= 11 is 0. The maximum Gasteiger partial charge on any atom is 0.224 e. The molecule has 2 N–H and O–H groups in total. The van der Waals surface area contributed by atoms with Gasteiger partial charge >= 0.3 is 0 Å². The number of nitrogens with zero attached hydrogens (tertiary/aromatic N) is 1. The highest BCUT2D eigenvalue weighted by molar-refractivity contribution is 5.85. The normalized spacial score (nSPS) is 20.7. The van der Waals surface area contributed by atoms with Gasteiger partial charge in [0, 0.05) is 25.7 Å². The third kappa shape index (κ3) is 4.91. The van der Waals surface area contributed by atoms with Crippen LogP contribution in [0.1, 0.15) is 19.3 Å². The van der Waals surface area contributed by atoms with Crippen molar-refractivity contribution in [2.45, 2.75) is 25.3 Å². The first-order valence-corrected chi connectivity index (χ1v) is 8.17. The van der Waals surface area contributed by atoms with Crippen molar-refractivity contribution in [3.63, 3.8) is 0 Å². The van der Waals surface area contributed by atoms with Crippen LogP contribution >= 0.6 is 24.8 Å². The first-order chi connectivity index (χ1) is 10.8. The monoisotopic (exact) mass is 375 g/mol. The van der Waals surface area contributed by atoms with Gasteiger partial charge in [0.2, 0.25) is 5.91 Å². The van der Waals surface area contributed by atoms with Crippen LogP contribution in [0.15, 0.2) is 24.3 Å². The van der Waals surface area contributed by atoms with Crippen LogP contribution in [0.5, 0.6) is 5.75 Å². The molecule has 0 aromatic heterocycles. The topological polar surface area (TPSA) is 53.6 Å². The number of carbonyl (C=O) groups is 1. The lowest BCUT2D eigenvalue weighted by Gasteiger charge is -2.35. The Labute approximate surface area is 156 Å². The zero-order valence-corrected chi connectivity index (χ0v) is 15.6. The summed E-state index contributed by atoms with van der Waals surface area (Å²) in [5.74, 6) is 1.30. The number of anilines is 1. The minimum absolute atomic E-state index is 0. The number of carbonyl (C=O) groups excluding carboxylic acids is 1. The average molecular weight is 376 g/mol. The molecule has 0 radical (unpaired) electrons. The molecule has 136 valence electrons. The molecule has 2 heterocycles. The second kappa shape index (κ2) is 9.97. The van der Waals surface area contributed by atoms with Crippen molar-refractivity contribution in [1.82, 2.24) is 10.6 Å². The van der Waals surface area contributed by atoms with Crippen molar-refractivity contribution in [2.75, 3.05) is 38.2 Å². The van der Waals surface area contributed by atoms with E-state index in [2.05, 4.69) is 21.6 Å². The SMILES string of the molecule is COc1ccccc1N1CCC(NC(=O)C2CCNC2)CC1.Cl.Cl. The van der Waals surface area contributed by atoms with Gasteiger partial charge in [-0.3, -0.25) is 4.79 Å². The first kappa shape index (κ1) is 20.9. The van der Waals surface area contributed by atoms with Crippen LogP contribution in [0.25, 0.3) is 0 Å². The molecule has 2 aliphatic heterocycles. The zero-order chi connectivity index (χ0) is 15.4. The lowest BCUT2D eigenvalue weighted by atomic mass is 10.0. The molecule has 7 heteroatoms. The van der Waals surface area contributed by atoms with E-state index in [1.54, 1.807) is 7.11 Å². The average Bonchev–Trinajstić information content (AvgIpc) is 3.10. The number of hydrogen-bond acceptors (Lipinski definition) is 4. The van der Waals surface area contributed by atoms with E-state index >= 15 is 0 Å². The van der Waals surface area contributed by atoms with Crippen molar-refractivity contribution in [3.8, 4) is 5.75 Å². The molecule has 5 nitrogen and oxygen atoms in total. The number of piperidine rings is 1. The lowest BCUT2D eigenvalue weighted by molar-refractivity contribution is -0.125. The van der Waals surface area contributed by atoms with Gasteiger partial charge in [-0.05, 0) is 37.9 Å². The molecule has 1 unspecified atom stereocenters. The molecule has 2 fully saturated rings. The number of methoxy groups -OCH3 is 1. The summed E-state index contributed by atoms with van der Waals surface area (Å²) in [5, 5.41) is 6.47. The highest BCUT2D eigenvalue weighted by Crippen LogP contribution is 2.29. The van der Waals surface area contributed by atoms with Gasteiger partial charge in [0.05, 0.1) is 18.7 Å². The van der Waals surface area contributed by atoms with Gasteiger partial charge in [0.25, 0.3) is 0 Å². The van der Waals surface area contributed by atoms with E-state index in [4.69, 9.17) is 4.74 Å². The van der Waals surface area contributed by atoms with E-state index in [1.165, 1.54) is 0 Å². The van der Waals surface area contributed by atoms with Gasteiger partial charge < -0.3 is 20.3 Å². The van der Waals surface area contributed by atoms with E-state index in [1.807, 2.05) is 18.2 Å². The standard InChI is InChI=1S/C17H25N3O2.2ClH/c1-22-16-5-3-2-4-15(16)20-10-7-14(8-11-20)19-17(21)13-6-9-18-12-13;;/h2-5,13-14,18H,6-12H2,1H3,(H,19,21);2*1H. The number of benzene rings is 1. The van der Waals surface area contributed by atoms with Crippen LogP contribution in [0, 0.1) is 5.92 Å². The minimum atomic E-state index is 0. The highest BCUT2D eigenvalue weighted by Gasteiger charge is 2.27. The Hall–Kier alpha value is -1.17. The van der Waals surface area contributed by atoms with Gasteiger partial charge in [0.1, 0.15) is 5.75 Å². The quantitative estimate of drug-likeness (QED) is 0.846. The van der Waals surface area contributed by atoms with E-state index in [-0.39, 0.29) is 36.6 Å². The number of hydrogen-bond donors (Lipinski definition) is 2. The summed E-state index contributed by atoms with van der Waals surface area (Å²) < 4.78 is 5.44. The number of halogens is 2. The van der Waals surface area contributed by atoms with E-state index in [0.717, 1.165) is 56.9 Å². The molecule has 1 atom stereocenters. The van der Waals surface area contributed by atoms with Crippen LogP contribution < -0.4 is 20.3 Å². The van der Waals surface area contributed by atoms with Crippen molar-refractivity contribution >= 4 is 36.4 Å². The number of nitrogens with one attached hydrogen (secondary N) is 2. The Morgan fingerprint density at radius 1 is 1.21 bits per heavy atom. The Morgan fingerprint density at radius 2 is 1.92 bits per heavy atom. The Bertz CT molecular complexity index is 516. The third-order valence-electron chi connectivity index (χ3n) is 4.70. The fourth-order valence-corrected chi connectivity index (χ4v) is 3.35. The van der Waals surface area contributed by atoms with Crippen LogP contribution in [-0.4, -0.2) is 45.2 Å². The second-order valence-corrected chi connectivity index (χ2v) is 6.13. The van der Waals surface area contributed by atoms with Gasteiger partial charge in [0.15, 0.2) is 0 Å². The number of amides is 1. The molecule has 2 saturated heterocycles. The Morgan fingerprint density at radius 3 is 2.54 bits per heavy atom. The molecule has 24 heavy (non-hydrogen) atoms. The molecule has 2 aliphatic rings. The predicted molar refractivity (Wildman–Crippen MR) is 102 cm³/mol. The zero-order valence-electron chi connectivity index (χ0n) is 14.0. The number of rotatable bonds is 4. The van der Waals surface area contributed by atoms with Crippen molar-refractivity contribution in [1.29, 1.82) is 0 Å². The summed E-state index contributed by atoms with van der Waals surface area (Å²) in [6, 6.07) is 8.43. The molecular formula is C17H27Cl2N3O2. The molecular weight excluding hydrogens is 349 g/mol. The predicted octanol–water partition coefficient (Wildman–Crippen LogP) is 2.23. The largest absolute Gasteiger partial charge is 0.495 e. The van der Waals surface area contributed by atoms with Gasteiger partial charge in [-0.25, -0.2) is 0 Å². The van der Waals surface area contributed by atoms with Gasteiger partial charge in [-0.15, -0.1) is 24.8 Å². The van der Waals surface area contributed by atoms with Crippen molar-refractivity contribution in [2.24, 2.45) is 5.92 Å². The molecule has 0 bridgehead atoms. The summed E-state index contributed by atoms with van der Waals surface area (Å²) in [6.07, 6.45) is 2.94.